The zero-order valence-electron chi connectivity index (χ0n) is 48.3. The first-order valence-electron chi connectivity index (χ1n) is 30.9. The first kappa shape index (κ1) is 70.9. The number of carbonyl (C=O) groups is 2. The van der Waals surface area contributed by atoms with E-state index in [1.165, 1.54) is 141 Å². The molecule has 1 fully saturated rings. The molecule has 1 aliphatic rings. The molecular weight excluding hydrogens is 955 g/mol. The number of carbonyl (C=O) groups excluding carboxylic acids is 2. The lowest BCUT2D eigenvalue weighted by atomic mass is 9.99. The average molecular weight is 1070 g/mol. The van der Waals surface area contributed by atoms with Gasteiger partial charge in [0, 0.05) is 6.42 Å². The molecule has 0 saturated carbocycles. The molecule has 0 aromatic heterocycles. The summed E-state index contributed by atoms with van der Waals surface area (Å²) < 4.78 is 17.6. The van der Waals surface area contributed by atoms with E-state index in [0.29, 0.717) is 12.8 Å². The number of hydrogen-bond acceptors (Lipinski definition) is 10. The van der Waals surface area contributed by atoms with Crippen molar-refractivity contribution in [3.05, 3.63) is 85.1 Å². The summed E-state index contributed by atoms with van der Waals surface area (Å²) in [6.45, 7) is 5.61. The van der Waals surface area contributed by atoms with Gasteiger partial charge in [0.2, 0.25) is 5.91 Å². The van der Waals surface area contributed by atoms with E-state index in [2.05, 4.69) is 50.4 Å². The van der Waals surface area contributed by atoms with Gasteiger partial charge in [0.25, 0.3) is 0 Å². The zero-order chi connectivity index (χ0) is 55.4. The molecule has 1 heterocycles. The number of ether oxygens (including phenoxy) is 3. The van der Waals surface area contributed by atoms with Crippen LogP contribution < -0.4 is 5.32 Å². The maximum atomic E-state index is 13.4. The summed E-state index contributed by atoms with van der Waals surface area (Å²) >= 11 is 0. The van der Waals surface area contributed by atoms with Crippen molar-refractivity contribution in [1.29, 1.82) is 0 Å². The Bertz CT molecular complexity index is 1560. The predicted molar refractivity (Wildman–Crippen MR) is 315 cm³/mol. The molecule has 1 amide bonds. The summed E-state index contributed by atoms with van der Waals surface area (Å²) in [7, 11) is 0. The van der Waals surface area contributed by atoms with Crippen LogP contribution in [0, 0.1) is 0 Å². The molecule has 1 aliphatic heterocycles. The summed E-state index contributed by atoms with van der Waals surface area (Å²) in [6.07, 6.45) is 57.7. The monoisotopic (exact) mass is 1070 g/mol. The number of amides is 1. The van der Waals surface area contributed by atoms with E-state index in [9.17, 15) is 35.1 Å². The van der Waals surface area contributed by atoms with Gasteiger partial charge in [0.05, 0.1) is 25.4 Å². The third-order valence-corrected chi connectivity index (χ3v) is 14.2. The lowest BCUT2D eigenvalue weighted by molar-refractivity contribution is -0.305. The van der Waals surface area contributed by atoms with Gasteiger partial charge in [-0.05, 0) is 70.6 Å². The van der Waals surface area contributed by atoms with Crippen LogP contribution in [0.15, 0.2) is 85.1 Å². The Kier molecular flexibility index (Phi) is 49.0. The Labute approximate surface area is 463 Å². The standard InChI is InChI=1S/C65H113NO10/c1-4-7-10-13-16-19-22-25-27-28-29-30-31-33-34-37-40-43-46-49-52-58(69)64(73)66-56(57(68)51-48-45-42-39-36-24-21-18-15-12-9-6-3)55-74-65-63(62(72)61(71)59(54-67)75-65)76-60(70)53-50-47-44-41-38-35-32-26-23-20-17-14-11-8-5-2/h8,11,14,17,20,23,25-27,32,35,38,48,51,56-59,61-63,65,67-69,71-72H,4-7,9-10,12-13,15-16,18-19,21-22,24,28-31,33-34,36-37,39-47,49-50,52-55H2,1-3H3,(H,66,73)/b11-8+,17-14+,23-20-,27-25+,32-26-,38-35+,51-48+. The summed E-state index contributed by atoms with van der Waals surface area (Å²) in [6, 6.07) is -1.04. The highest BCUT2D eigenvalue weighted by Gasteiger charge is 2.47. The minimum atomic E-state index is -1.63. The van der Waals surface area contributed by atoms with Crippen LogP contribution in [0.2, 0.25) is 0 Å². The number of rotatable bonds is 51. The number of aliphatic hydroxyl groups is 5. The fraction of sp³-hybridized carbons (Fsp3) is 0.754. The van der Waals surface area contributed by atoms with Crippen LogP contribution in [0.1, 0.15) is 252 Å². The van der Waals surface area contributed by atoms with Gasteiger partial charge < -0.3 is 45.1 Å². The second kappa shape index (κ2) is 52.5. The van der Waals surface area contributed by atoms with E-state index in [4.69, 9.17) is 14.2 Å². The Morgan fingerprint density at radius 3 is 1.46 bits per heavy atom. The number of unbranched alkanes of at least 4 members (excludes halogenated alkanes) is 29. The summed E-state index contributed by atoms with van der Waals surface area (Å²) in [4.78, 5) is 26.5. The number of hydrogen-bond donors (Lipinski definition) is 6. The molecule has 0 bridgehead atoms. The van der Waals surface area contributed by atoms with Crippen LogP contribution in [0.4, 0.5) is 0 Å². The maximum absolute atomic E-state index is 13.4. The smallest absolute Gasteiger partial charge is 0.306 e. The lowest BCUT2D eigenvalue weighted by Crippen LogP contribution is -2.61. The SMILES string of the molecule is CC/C=C/C=C/C=C\C=C/C=C/CCCCCC(=O)OC1C(OCC(NC(=O)C(O)CCCCCCCCCCCC/C=C/CCCCCCCC)C(O)/C=C/CCCCCCCCCCCC)OC(CO)C(O)C1O. The van der Waals surface area contributed by atoms with Gasteiger partial charge in [-0.3, -0.25) is 9.59 Å². The van der Waals surface area contributed by atoms with Gasteiger partial charge in [0.1, 0.15) is 24.4 Å². The molecule has 0 radical (unpaired) electrons. The molecule has 6 N–H and O–H groups in total. The molecule has 0 aliphatic carbocycles. The van der Waals surface area contributed by atoms with E-state index in [0.717, 1.165) is 64.2 Å². The third-order valence-electron chi connectivity index (χ3n) is 14.2. The van der Waals surface area contributed by atoms with Crippen LogP contribution in [0.5, 0.6) is 0 Å². The van der Waals surface area contributed by atoms with Crippen molar-refractivity contribution in [2.45, 2.75) is 301 Å². The van der Waals surface area contributed by atoms with Crippen molar-refractivity contribution in [1.82, 2.24) is 5.32 Å². The number of nitrogens with one attached hydrogen (secondary N) is 1. The Balaban J connectivity index is 2.70. The van der Waals surface area contributed by atoms with Crippen LogP contribution in [-0.4, -0.2) is 99.6 Å². The molecule has 1 saturated heterocycles. The van der Waals surface area contributed by atoms with Crippen molar-refractivity contribution in [3.63, 3.8) is 0 Å². The minimum Gasteiger partial charge on any atom is -0.454 e. The molecule has 76 heavy (non-hydrogen) atoms. The fourth-order valence-corrected chi connectivity index (χ4v) is 9.26. The van der Waals surface area contributed by atoms with E-state index in [1.54, 1.807) is 6.08 Å². The number of allylic oxidation sites excluding steroid dienone is 13. The zero-order valence-corrected chi connectivity index (χ0v) is 48.3. The van der Waals surface area contributed by atoms with Crippen LogP contribution in [-0.2, 0) is 23.8 Å². The van der Waals surface area contributed by atoms with Gasteiger partial charge >= 0.3 is 5.97 Å². The van der Waals surface area contributed by atoms with E-state index in [1.807, 2.05) is 54.7 Å². The molecule has 0 aromatic rings. The normalized spacial score (nSPS) is 19.7. The van der Waals surface area contributed by atoms with Crippen LogP contribution in [0.3, 0.4) is 0 Å². The van der Waals surface area contributed by atoms with Crippen LogP contribution in [0.25, 0.3) is 0 Å². The Morgan fingerprint density at radius 1 is 0.526 bits per heavy atom. The molecule has 0 aromatic carbocycles. The molecule has 11 nitrogen and oxygen atoms in total. The second-order valence-electron chi connectivity index (χ2n) is 21.2. The van der Waals surface area contributed by atoms with Crippen molar-refractivity contribution >= 4 is 11.9 Å². The maximum Gasteiger partial charge on any atom is 0.306 e. The third kappa shape index (κ3) is 40.1. The highest BCUT2D eigenvalue weighted by atomic mass is 16.7. The molecule has 8 atom stereocenters. The quantitative estimate of drug-likeness (QED) is 0.0149. The largest absolute Gasteiger partial charge is 0.454 e. The first-order chi connectivity index (χ1) is 37.2. The van der Waals surface area contributed by atoms with Crippen molar-refractivity contribution < 1.29 is 49.3 Å². The van der Waals surface area contributed by atoms with E-state index in [-0.39, 0.29) is 19.4 Å². The Morgan fingerprint density at radius 2 is 0.961 bits per heavy atom. The molecule has 438 valence electrons. The second-order valence-corrected chi connectivity index (χ2v) is 21.2. The summed E-state index contributed by atoms with van der Waals surface area (Å²) in [5.41, 5.74) is 0. The number of esters is 1. The van der Waals surface area contributed by atoms with Gasteiger partial charge in [-0.25, -0.2) is 0 Å². The number of aliphatic hydroxyl groups excluding tert-OH is 5. The Hall–Kier alpha value is -3.16. The molecule has 8 unspecified atom stereocenters. The molecular formula is C65H113NO10. The average Bonchev–Trinajstić information content (AvgIpc) is 3.42. The van der Waals surface area contributed by atoms with E-state index < -0.39 is 67.4 Å². The van der Waals surface area contributed by atoms with Gasteiger partial charge in [0.15, 0.2) is 12.4 Å². The molecule has 11 heteroatoms. The highest BCUT2D eigenvalue weighted by Crippen LogP contribution is 2.26. The van der Waals surface area contributed by atoms with Crippen molar-refractivity contribution in [2.24, 2.45) is 0 Å². The summed E-state index contributed by atoms with van der Waals surface area (Å²) in [5, 5.41) is 56.9. The minimum absolute atomic E-state index is 0.0713. The molecule has 0 spiro atoms. The van der Waals surface area contributed by atoms with Crippen molar-refractivity contribution in [3.8, 4) is 0 Å². The lowest BCUT2D eigenvalue weighted by Gasteiger charge is -2.41. The van der Waals surface area contributed by atoms with Gasteiger partial charge in [-0.1, -0.05) is 260 Å². The van der Waals surface area contributed by atoms with E-state index >= 15 is 0 Å². The first-order valence-corrected chi connectivity index (χ1v) is 30.9. The van der Waals surface area contributed by atoms with Crippen molar-refractivity contribution in [2.75, 3.05) is 13.2 Å². The molecule has 1 rings (SSSR count). The van der Waals surface area contributed by atoms with Gasteiger partial charge in [-0.15, -0.1) is 0 Å². The topological polar surface area (TPSA) is 175 Å². The van der Waals surface area contributed by atoms with Crippen LogP contribution >= 0.6 is 0 Å². The van der Waals surface area contributed by atoms with Gasteiger partial charge in [-0.2, -0.15) is 0 Å². The summed E-state index contributed by atoms with van der Waals surface area (Å²) in [5.74, 6) is -1.24. The predicted octanol–water partition coefficient (Wildman–Crippen LogP) is 14.6. The highest BCUT2D eigenvalue weighted by molar-refractivity contribution is 5.80. The fourth-order valence-electron chi connectivity index (χ4n) is 9.26.